The number of ether oxygens (including phenoxy) is 4. The maximum Gasteiger partial charge on any atom is 0.265 e. The molecule has 0 spiro atoms. The van der Waals surface area contributed by atoms with Crippen LogP contribution in [-0.4, -0.2) is 76.5 Å². The number of halogens is 4. The van der Waals surface area contributed by atoms with Crippen molar-refractivity contribution in [1.82, 2.24) is 0 Å². The molecule has 4 aromatic rings. The van der Waals surface area contributed by atoms with Gasteiger partial charge in [-0.05, 0) is 167 Å². The predicted octanol–water partition coefficient (Wildman–Crippen LogP) is 9.34. The first kappa shape index (κ1) is 50.3. The van der Waals surface area contributed by atoms with E-state index in [1.54, 1.807) is 40.6 Å². The van der Waals surface area contributed by atoms with Crippen LogP contribution in [0.3, 0.4) is 0 Å². The molecule has 0 saturated carbocycles. The van der Waals surface area contributed by atoms with Gasteiger partial charge in [0.2, 0.25) is 0 Å². The summed E-state index contributed by atoms with van der Waals surface area (Å²) in [7, 11) is -1.28. The molecule has 0 aromatic heterocycles. The third-order valence-corrected chi connectivity index (χ3v) is 11.6. The Balaban J connectivity index is 0.000000362. The van der Waals surface area contributed by atoms with E-state index < -0.39 is 20.2 Å². The van der Waals surface area contributed by atoms with E-state index in [0.29, 0.717) is 17.9 Å². The quantitative estimate of drug-likeness (QED) is 0.0712. The van der Waals surface area contributed by atoms with E-state index >= 15 is 0 Å². The molecule has 0 heterocycles. The van der Waals surface area contributed by atoms with E-state index in [-0.39, 0.29) is 17.9 Å². The van der Waals surface area contributed by atoms with Crippen molar-refractivity contribution in [2.45, 2.75) is 39.5 Å². The molecule has 0 unspecified atom stereocenters. The summed E-state index contributed by atoms with van der Waals surface area (Å²) in [4.78, 5) is 0. The summed E-state index contributed by atoms with van der Waals surface area (Å²) in [6.07, 6.45) is 2.68. The van der Waals surface area contributed by atoms with Crippen LogP contribution in [-0.2, 0) is 45.9 Å². The molecule has 0 radical (unpaired) electrons. The first-order chi connectivity index (χ1) is 25.4. The fourth-order valence-electron chi connectivity index (χ4n) is 4.50. The van der Waals surface area contributed by atoms with E-state index in [0.717, 1.165) is 58.8 Å². The van der Waals surface area contributed by atoms with Crippen LogP contribution in [0.1, 0.15) is 33.4 Å². The van der Waals surface area contributed by atoms with E-state index in [9.17, 15) is 16.8 Å². The van der Waals surface area contributed by atoms with E-state index in [2.05, 4.69) is 114 Å². The molecule has 10 nitrogen and oxygen atoms in total. The second-order valence-corrected chi connectivity index (χ2v) is 18.5. The summed E-state index contributed by atoms with van der Waals surface area (Å²) in [6, 6.07) is 23.4. The Bertz CT molecular complexity index is 1960. The lowest BCUT2D eigenvalue weighted by atomic mass is 10.1. The summed E-state index contributed by atoms with van der Waals surface area (Å²) in [5, 5.41) is 2.00. The lowest BCUT2D eigenvalue weighted by Gasteiger charge is -2.07. The van der Waals surface area contributed by atoms with Gasteiger partial charge in [-0.1, -0.05) is 56.1 Å². The standard InChI is InChI=1S/C10H13BrO.C10H14O4S.C9H10BrIO.C9H11IO4S/c1-8-3-4-10(12-2)7-9(8)5-6-11;1-8-3-4-10(14-2)7-9(8)5-6-15(11,12)13;1-12-9-6-7(4-5-10)2-3-8(9)11;1-14-9-6-7(2-3-8(9)10)4-5-15(11,12)13/h3-4,7H,5-6H2,1-2H3;3-4,7H,5-6H2,1-2H3,(H,11,12,13);2-3,6H,4-5H2,1H3;2-3,6H,4-5H2,1H3,(H,11,12,13). The molecule has 0 aliphatic rings. The number of alkyl halides is 2. The summed E-state index contributed by atoms with van der Waals surface area (Å²) >= 11 is 11.2. The molecule has 0 atom stereocenters. The van der Waals surface area contributed by atoms with E-state index in [4.69, 9.17) is 28.1 Å². The van der Waals surface area contributed by atoms with Gasteiger partial charge >= 0.3 is 0 Å². The highest BCUT2D eigenvalue weighted by Crippen LogP contribution is 2.23. The molecule has 0 aliphatic carbocycles. The van der Waals surface area contributed by atoms with Crippen molar-refractivity contribution < 1.29 is 44.9 Å². The summed E-state index contributed by atoms with van der Waals surface area (Å²) in [6.45, 7) is 4.01. The monoisotopic (exact) mass is 1140 g/mol. The molecule has 0 amide bonds. The average Bonchev–Trinajstić information content (AvgIpc) is 3.13. The topological polar surface area (TPSA) is 146 Å². The Hall–Kier alpha value is -1.68. The van der Waals surface area contributed by atoms with Crippen LogP contribution in [0.4, 0.5) is 0 Å². The maximum absolute atomic E-state index is 10.6. The van der Waals surface area contributed by atoms with Gasteiger partial charge in [-0.2, -0.15) is 16.8 Å². The van der Waals surface area contributed by atoms with Crippen molar-refractivity contribution in [1.29, 1.82) is 0 Å². The Morgan fingerprint density at radius 3 is 1.30 bits per heavy atom. The van der Waals surface area contributed by atoms with E-state index in [1.807, 2.05) is 37.3 Å². The predicted molar refractivity (Wildman–Crippen MR) is 242 cm³/mol. The largest absolute Gasteiger partial charge is 0.497 e. The van der Waals surface area contributed by atoms with Crippen molar-refractivity contribution >= 4 is 97.3 Å². The van der Waals surface area contributed by atoms with Gasteiger partial charge in [0.05, 0.1) is 47.1 Å². The van der Waals surface area contributed by atoms with Crippen LogP contribution in [0.2, 0.25) is 0 Å². The number of methoxy groups -OCH3 is 4. The van der Waals surface area contributed by atoms with Crippen LogP contribution in [0.15, 0.2) is 72.8 Å². The molecule has 54 heavy (non-hydrogen) atoms. The molecule has 2 N–H and O–H groups in total. The Kier molecular flexibility index (Phi) is 24.5. The number of benzene rings is 4. The highest BCUT2D eigenvalue weighted by atomic mass is 127. The van der Waals surface area contributed by atoms with Gasteiger partial charge in [0, 0.05) is 10.7 Å². The van der Waals surface area contributed by atoms with Crippen LogP contribution in [0.25, 0.3) is 0 Å². The minimum Gasteiger partial charge on any atom is -0.497 e. The average molecular weight is 1140 g/mol. The maximum atomic E-state index is 10.6. The molecule has 0 saturated heterocycles. The van der Waals surface area contributed by atoms with Crippen LogP contribution < -0.4 is 18.9 Å². The number of hydrogen-bond donors (Lipinski definition) is 2. The van der Waals surface area contributed by atoms with Gasteiger partial charge in [-0.15, -0.1) is 0 Å². The zero-order valence-electron chi connectivity index (χ0n) is 31.1. The Morgan fingerprint density at radius 2 is 0.926 bits per heavy atom. The minimum atomic E-state index is -3.90. The zero-order chi connectivity index (χ0) is 40.9. The molecule has 4 rings (SSSR count). The van der Waals surface area contributed by atoms with Gasteiger partial charge < -0.3 is 18.9 Å². The second kappa shape index (κ2) is 26.3. The van der Waals surface area contributed by atoms with Crippen LogP contribution in [0.5, 0.6) is 23.0 Å². The summed E-state index contributed by atoms with van der Waals surface area (Å²) < 4.78 is 82.1. The molecule has 4 aromatic carbocycles. The van der Waals surface area contributed by atoms with Crippen LogP contribution >= 0.6 is 77.0 Å². The third-order valence-electron chi connectivity index (χ3n) is 7.57. The van der Waals surface area contributed by atoms with Crippen molar-refractivity contribution in [2.75, 3.05) is 50.6 Å². The van der Waals surface area contributed by atoms with Gasteiger partial charge in [0.15, 0.2) is 0 Å². The van der Waals surface area contributed by atoms with Crippen LogP contribution in [0, 0.1) is 21.0 Å². The Labute approximate surface area is 365 Å². The van der Waals surface area contributed by atoms with Crippen molar-refractivity contribution in [3.8, 4) is 23.0 Å². The highest BCUT2D eigenvalue weighted by molar-refractivity contribution is 14.1. The normalized spacial score (nSPS) is 10.7. The molecular formula is C38H48Br2I2O10S2. The van der Waals surface area contributed by atoms with Gasteiger partial charge in [0.25, 0.3) is 20.2 Å². The SMILES string of the molecule is COc1cc(CCBr)ccc1I.COc1cc(CCS(=O)(=O)O)ccc1I.COc1ccc(C)c(CCBr)c1.COc1ccc(C)c(CCS(=O)(=O)O)c1. The Morgan fingerprint density at radius 1 is 0.537 bits per heavy atom. The van der Waals surface area contributed by atoms with Gasteiger partial charge in [-0.25, -0.2) is 0 Å². The lowest BCUT2D eigenvalue weighted by molar-refractivity contribution is 0.411. The minimum absolute atomic E-state index is 0.263. The number of hydrogen-bond acceptors (Lipinski definition) is 8. The fraction of sp³-hybridized carbons (Fsp3) is 0.368. The smallest absolute Gasteiger partial charge is 0.265 e. The number of rotatable bonds is 14. The van der Waals surface area contributed by atoms with Crippen molar-refractivity contribution in [3.63, 3.8) is 0 Å². The molecule has 300 valence electrons. The first-order valence-electron chi connectivity index (χ1n) is 16.3. The van der Waals surface area contributed by atoms with Crippen molar-refractivity contribution in [3.05, 3.63) is 113 Å². The highest BCUT2D eigenvalue weighted by Gasteiger charge is 2.09. The van der Waals surface area contributed by atoms with E-state index in [1.165, 1.54) is 16.7 Å². The zero-order valence-corrected chi connectivity index (χ0v) is 40.2. The van der Waals surface area contributed by atoms with Gasteiger partial charge in [-0.3, -0.25) is 9.11 Å². The molecular weight excluding hydrogens is 1090 g/mol. The number of aryl methyl sites for hydroxylation is 6. The van der Waals surface area contributed by atoms with Crippen molar-refractivity contribution in [2.24, 2.45) is 0 Å². The molecule has 0 bridgehead atoms. The fourth-order valence-corrected chi connectivity index (χ4v) is 7.47. The first-order valence-corrected chi connectivity index (χ1v) is 24.0. The summed E-state index contributed by atoms with van der Waals surface area (Å²) in [5.41, 5.74) is 6.67. The lowest BCUT2D eigenvalue weighted by Crippen LogP contribution is -2.07. The summed E-state index contributed by atoms with van der Waals surface area (Å²) in [5.74, 6) is 2.78. The molecule has 0 aliphatic heterocycles. The third kappa shape index (κ3) is 21.0. The van der Waals surface area contributed by atoms with Gasteiger partial charge in [0.1, 0.15) is 23.0 Å². The molecule has 16 heteroatoms. The second-order valence-electron chi connectivity index (χ2n) is 11.5. The molecule has 0 fully saturated rings.